The van der Waals surface area contributed by atoms with Crippen LogP contribution in [0.2, 0.25) is 0 Å². The van der Waals surface area contributed by atoms with Crippen molar-refractivity contribution < 1.29 is 9.53 Å². The van der Waals surface area contributed by atoms with E-state index in [4.69, 9.17) is 10.5 Å². The molecule has 0 bridgehead atoms. The minimum atomic E-state index is 0.142. The molecule has 1 aliphatic heterocycles. The summed E-state index contributed by atoms with van der Waals surface area (Å²) in [5, 5.41) is 0. The Kier molecular flexibility index (Phi) is 3.10. The first kappa shape index (κ1) is 11.0. The Labute approximate surface area is 95.0 Å². The average molecular weight is 220 g/mol. The molecule has 0 spiro atoms. The number of nitrogens with zero attached hydrogens (tertiary/aromatic N) is 1. The van der Waals surface area contributed by atoms with Crippen molar-refractivity contribution >= 4 is 11.6 Å². The lowest BCUT2D eigenvalue weighted by molar-refractivity contribution is -0.117. The van der Waals surface area contributed by atoms with Crippen LogP contribution in [0, 0.1) is 5.92 Å². The van der Waals surface area contributed by atoms with Crippen molar-refractivity contribution in [2.75, 3.05) is 25.1 Å². The number of rotatable bonds is 3. The summed E-state index contributed by atoms with van der Waals surface area (Å²) in [6.45, 7) is 1.27. The van der Waals surface area contributed by atoms with Gasteiger partial charge in [-0.15, -0.1) is 0 Å². The van der Waals surface area contributed by atoms with Gasteiger partial charge < -0.3 is 15.4 Å². The zero-order chi connectivity index (χ0) is 11.5. The summed E-state index contributed by atoms with van der Waals surface area (Å²) in [6, 6.07) is 7.54. The van der Waals surface area contributed by atoms with Gasteiger partial charge >= 0.3 is 0 Å². The molecule has 1 amide bonds. The first-order valence-corrected chi connectivity index (χ1v) is 5.39. The van der Waals surface area contributed by atoms with Crippen molar-refractivity contribution in [1.82, 2.24) is 0 Å². The number of hydrogen-bond acceptors (Lipinski definition) is 3. The van der Waals surface area contributed by atoms with Crippen molar-refractivity contribution in [2.45, 2.75) is 6.42 Å². The average Bonchev–Trinajstić information content (AvgIpc) is 2.71. The molecule has 1 aliphatic rings. The molecule has 0 radical (unpaired) electrons. The van der Waals surface area contributed by atoms with Crippen LogP contribution in [0.25, 0.3) is 0 Å². The second-order valence-corrected chi connectivity index (χ2v) is 4.01. The van der Waals surface area contributed by atoms with E-state index in [1.807, 2.05) is 24.3 Å². The first-order valence-electron chi connectivity index (χ1n) is 5.39. The number of anilines is 1. The fraction of sp³-hybridized carbons (Fsp3) is 0.417. The minimum absolute atomic E-state index is 0.142. The molecule has 16 heavy (non-hydrogen) atoms. The van der Waals surface area contributed by atoms with Crippen LogP contribution in [0.1, 0.15) is 6.42 Å². The minimum Gasteiger partial charge on any atom is -0.497 e. The summed E-state index contributed by atoms with van der Waals surface area (Å²) in [5.41, 5.74) is 6.48. The largest absolute Gasteiger partial charge is 0.497 e. The van der Waals surface area contributed by atoms with Gasteiger partial charge in [-0.2, -0.15) is 0 Å². The number of hydrogen-bond donors (Lipinski definition) is 1. The molecule has 2 N–H and O–H groups in total. The van der Waals surface area contributed by atoms with Crippen LogP contribution < -0.4 is 15.4 Å². The lowest BCUT2D eigenvalue weighted by Gasteiger charge is -2.17. The molecule has 2 rings (SSSR count). The maximum atomic E-state index is 11.8. The number of amides is 1. The lowest BCUT2D eigenvalue weighted by atomic mass is 10.1. The quantitative estimate of drug-likeness (QED) is 0.827. The van der Waals surface area contributed by atoms with Gasteiger partial charge in [-0.25, -0.2) is 0 Å². The number of nitrogens with two attached hydrogens (primary N) is 1. The van der Waals surface area contributed by atoms with Crippen LogP contribution in [-0.2, 0) is 4.79 Å². The second kappa shape index (κ2) is 4.53. The van der Waals surface area contributed by atoms with E-state index in [0.717, 1.165) is 11.4 Å². The molecular weight excluding hydrogens is 204 g/mol. The highest BCUT2D eigenvalue weighted by molar-refractivity contribution is 5.95. The van der Waals surface area contributed by atoms with Crippen LogP contribution in [0.15, 0.2) is 24.3 Å². The van der Waals surface area contributed by atoms with Crippen LogP contribution in [0.5, 0.6) is 5.75 Å². The molecule has 4 nitrogen and oxygen atoms in total. The van der Waals surface area contributed by atoms with Gasteiger partial charge in [-0.3, -0.25) is 4.79 Å². The topological polar surface area (TPSA) is 55.6 Å². The van der Waals surface area contributed by atoms with Crippen molar-refractivity contribution in [2.24, 2.45) is 11.7 Å². The number of carbonyl (C=O) groups excluding carboxylic acids is 1. The monoisotopic (exact) mass is 220 g/mol. The Balaban J connectivity index is 2.20. The van der Waals surface area contributed by atoms with E-state index < -0.39 is 0 Å². The molecule has 0 unspecified atom stereocenters. The highest BCUT2D eigenvalue weighted by Gasteiger charge is 2.29. The molecule has 0 aliphatic carbocycles. The maximum absolute atomic E-state index is 11.8. The lowest BCUT2D eigenvalue weighted by Crippen LogP contribution is -2.25. The third-order valence-corrected chi connectivity index (χ3v) is 2.90. The SMILES string of the molecule is COc1cccc(N2C[C@@H](CN)CC2=O)c1. The Morgan fingerprint density at radius 1 is 1.56 bits per heavy atom. The van der Waals surface area contributed by atoms with Gasteiger partial charge in [0.1, 0.15) is 5.75 Å². The molecule has 1 aromatic carbocycles. The summed E-state index contributed by atoms with van der Waals surface area (Å²) >= 11 is 0. The summed E-state index contributed by atoms with van der Waals surface area (Å²) in [7, 11) is 1.62. The number of ether oxygens (including phenoxy) is 1. The van der Waals surface area contributed by atoms with Gasteiger partial charge in [0.2, 0.25) is 5.91 Å². The van der Waals surface area contributed by atoms with Gasteiger partial charge in [0.25, 0.3) is 0 Å². The molecule has 4 heteroatoms. The molecule has 1 atom stereocenters. The molecule has 1 fully saturated rings. The van der Waals surface area contributed by atoms with E-state index in [1.165, 1.54) is 0 Å². The van der Waals surface area contributed by atoms with E-state index in [-0.39, 0.29) is 11.8 Å². The van der Waals surface area contributed by atoms with Crippen LogP contribution in [0.3, 0.4) is 0 Å². The predicted molar refractivity (Wildman–Crippen MR) is 62.5 cm³/mol. The smallest absolute Gasteiger partial charge is 0.227 e. The van der Waals surface area contributed by atoms with E-state index in [9.17, 15) is 4.79 Å². The van der Waals surface area contributed by atoms with Crippen LogP contribution in [-0.4, -0.2) is 26.1 Å². The van der Waals surface area contributed by atoms with E-state index in [1.54, 1.807) is 12.0 Å². The van der Waals surface area contributed by atoms with Crippen LogP contribution >= 0.6 is 0 Å². The number of carbonyl (C=O) groups is 1. The predicted octanol–water partition coefficient (Wildman–Crippen LogP) is 1.01. The fourth-order valence-corrected chi connectivity index (χ4v) is 1.97. The zero-order valence-corrected chi connectivity index (χ0v) is 9.35. The van der Waals surface area contributed by atoms with E-state index in [2.05, 4.69) is 0 Å². The Morgan fingerprint density at radius 2 is 2.38 bits per heavy atom. The van der Waals surface area contributed by atoms with Crippen LogP contribution in [0.4, 0.5) is 5.69 Å². The summed E-state index contributed by atoms with van der Waals surface area (Å²) in [5.74, 6) is 1.18. The highest BCUT2D eigenvalue weighted by Crippen LogP contribution is 2.27. The maximum Gasteiger partial charge on any atom is 0.227 e. The van der Waals surface area contributed by atoms with Gasteiger partial charge in [0, 0.05) is 24.7 Å². The van der Waals surface area contributed by atoms with E-state index in [0.29, 0.717) is 19.5 Å². The number of benzene rings is 1. The Hall–Kier alpha value is -1.55. The van der Waals surface area contributed by atoms with Gasteiger partial charge in [-0.05, 0) is 24.6 Å². The van der Waals surface area contributed by atoms with Gasteiger partial charge in [-0.1, -0.05) is 6.07 Å². The van der Waals surface area contributed by atoms with Crippen molar-refractivity contribution in [3.8, 4) is 5.75 Å². The number of methoxy groups -OCH3 is 1. The Bertz CT molecular complexity index is 392. The summed E-state index contributed by atoms with van der Waals surface area (Å²) < 4.78 is 5.14. The standard InChI is InChI=1S/C12H16N2O2/c1-16-11-4-2-3-10(6-11)14-8-9(7-13)5-12(14)15/h2-4,6,9H,5,7-8,13H2,1H3/t9-/m1/s1. The third kappa shape index (κ3) is 2.02. The highest BCUT2D eigenvalue weighted by atomic mass is 16.5. The molecule has 1 saturated heterocycles. The van der Waals surface area contributed by atoms with Crippen molar-refractivity contribution in [3.63, 3.8) is 0 Å². The van der Waals surface area contributed by atoms with Gasteiger partial charge in [0.15, 0.2) is 0 Å². The fourth-order valence-electron chi connectivity index (χ4n) is 1.97. The zero-order valence-electron chi connectivity index (χ0n) is 9.35. The second-order valence-electron chi connectivity index (χ2n) is 4.01. The van der Waals surface area contributed by atoms with E-state index >= 15 is 0 Å². The molecule has 0 aromatic heterocycles. The summed E-state index contributed by atoms with van der Waals surface area (Å²) in [4.78, 5) is 13.6. The molecular formula is C12H16N2O2. The molecule has 1 aromatic rings. The molecule has 0 saturated carbocycles. The van der Waals surface area contributed by atoms with Gasteiger partial charge in [0.05, 0.1) is 7.11 Å². The van der Waals surface area contributed by atoms with Crippen molar-refractivity contribution in [1.29, 1.82) is 0 Å². The first-order chi connectivity index (χ1) is 7.74. The molecule has 1 heterocycles. The third-order valence-electron chi connectivity index (χ3n) is 2.90. The molecule has 86 valence electrons. The normalized spacial score (nSPS) is 20.2. The van der Waals surface area contributed by atoms with Crippen molar-refractivity contribution in [3.05, 3.63) is 24.3 Å². The Morgan fingerprint density at radius 3 is 3.00 bits per heavy atom. The summed E-state index contributed by atoms with van der Waals surface area (Å²) in [6.07, 6.45) is 0.549.